The summed E-state index contributed by atoms with van der Waals surface area (Å²) in [5.41, 5.74) is 7.12. The fourth-order valence-corrected chi connectivity index (χ4v) is 1.99. The molecule has 0 aliphatic rings. The van der Waals surface area contributed by atoms with Crippen molar-refractivity contribution >= 4 is 11.8 Å². The van der Waals surface area contributed by atoms with Gasteiger partial charge in [0.25, 0.3) is 0 Å². The van der Waals surface area contributed by atoms with Crippen LogP contribution in [0.5, 0.6) is 0 Å². The predicted octanol–water partition coefficient (Wildman–Crippen LogP) is 3.50. The lowest BCUT2D eigenvalue weighted by Gasteiger charge is -2.23. The van der Waals surface area contributed by atoms with Crippen molar-refractivity contribution in [2.75, 3.05) is 5.73 Å². The third kappa shape index (κ3) is 6.45. The van der Waals surface area contributed by atoms with E-state index in [4.69, 9.17) is 10.5 Å². The second-order valence-corrected chi connectivity index (χ2v) is 6.08. The van der Waals surface area contributed by atoms with E-state index in [9.17, 15) is 4.79 Å². The van der Waals surface area contributed by atoms with Crippen LogP contribution < -0.4 is 11.1 Å². The first-order valence-corrected chi connectivity index (χ1v) is 7.14. The lowest BCUT2D eigenvalue weighted by molar-refractivity contribution is 0.0501. The minimum atomic E-state index is -0.470. The first-order chi connectivity index (χ1) is 9.30. The molecule has 0 aliphatic heterocycles. The van der Waals surface area contributed by atoms with Gasteiger partial charge in [0.2, 0.25) is 0 Å². The summed E-state index contributed by atoms with van der Waals surface area (Å²) in [4.78, 5) is 11.8. The van der Waals surface area contributed by atoms with Crippen molar-refractivity contribution in [1.29, 1.82) is 0 Å². The number of carbonyl (C=O) groups is 1. The SMILES string of the molecule is CCC[C@H](Cc1ccc(N)cc1)NC(=O)OC(C)(C)C. The van der Waals surface area contributed by atoms with Crippen LogP contribution in [0.3, 0.4) is 0 Å². The highest BCUT2D eigenvalue weighted by atomic mass is 16.6. The number of hydrogen-bond donors (Lipinski definition) is 2. The Morgan fingerprint density at radius 1 is 1.30 bits per heavy atom. The number of nitrogens with one attached hydrogen (secondary N) is 1. The van der Waals surface area contributed by atoms with Crippen molar-refractivity contribution < 1.29 is 9.53 Å². The molecular weight excluding hydrogens is 252 g/mol. The quantitative estimate of drug-likeness (QED) is 0.810. The van der Waals surface area contributed by atoms with Crippen molar-refractivity contribution in [2.24, 2.45) is 0 Å². The first-order valence-electron chi connectivity index (χ1n) is 7.14. The van der Waals surface area contributed by atoms with Crippen LogP contribution in [0.4, 0.5) is 10.5 Å². The molecule has 4 heteroatoms. The Bertz CT molecular complexity index is 421. The Balaban J connectivity index is 2.60. The van der Waals surface area contributed by atoms with Gasteiger partial charge < -0.3 is 15.8 Å². The van der Waals surface area contributed by atoms with Crippen molar-refractivity contribution in [3.63, 3.8) is 0 Å². The van der Waals surface area contributed by atoms with Gasteiger partial charge in [-0.05, 0) is 51.3 Å². The number of amides is 1. The van der Waals surface area contributed by atoms with E-state index in [2.05, 4.69) is 12.2 Å². The summed E-state index contributed by atoms with van der Waals surface area (Å²) < 4.78 is 5.30. The fourth-order valence-electron chi connectivity index (χ4n) is 1.99. The zero-order valence-corrected chi connectivity index (χ0v) is 12.9. The fraction of sp³-hybridized carbons (Fsp3) is 0.562. The van der Waals surface area contributed by atoms with Crippen LogP contribution in [0.15, 0.2) is 24.3 Å². The largest absolute Gasteiger partial charge is 0.444 e. The molecule has 0 aliphatic carbocycles. The van der Waals surface area contributed by atoms with E-state index in [1.807, 2.05) is 45.0 Å². The molecule has 0 radical (unpaired) electrons. The summed E-state index contributed by atoms with van der Waals surface area (Å²) in [6.45, 7) is 7.69. The number of hydrogen-bond acceptors (Lipinski definition) is 3. The molecule has 0 fully saturated rings. The number of rotatable bonds is 5. The van der Waals surface area contributed by atoms with Crippen LogP contribution >= 0.6 is 0 Å². The maximum atomic E-state index is 11.8. The summed E-state index contributed by atoms with van der Waals surface area (Å²) in [6.07, 6.45) is 2.36. The molecule has 0 unspecified atom stereocenters. The molecule has 4 nitrogen and oxygen atoms in total. The highest BCUT2D eigenvalue weighted by Crippen LogP contribution is 2.12. The number of benzene rings is 1. The van der Waals surface area contributed by atoms with Gasteiger partial charge >= 0.3 is 6.09 Å². The van der Waals surface area contributed by atoms with E-state index >= 15 is 0 Å². The van der Waals surface area contributed by atoms with Crippen LogP contribution in [0.25, 0.3) is 0 Å². The van der Waals surface area contributed by atoms with E-state index in [1.54, 1.807) is 0 Å². The lowest BCUT2D eigenvalue weighted by atomic mass is 10.0. The molecule has 20 heavy (non-hydrogen) atoms. The Labute approximate surface area is 121 Å². The molecule has 1 amide bonds. The van der Waals surface area contributed by atoms with Crippen molar-refractivity contribution in [2.45, 2.75) is 58.6 Å². The van der Waals surface area contributed by atoms with Gasteiger partial charge in [0, 0.05) is 11.7 Å². The van der Waals surface area contributed by atoms with Gasteiger partial charge in [0.05, 0.1) is 0 Å². The predicted molar refractivity (Wildman–Crippen MR) is 82.6 cm³/mol. The first kappa shape index (κ1) is 16.3. The van der Waals surface area contributed by atoms with Gasteiger partial charge in [-0.15, -0.1) is 0 Å². The van der Waals surface area contributed by atoms with Crippen molar-refractivity contribution in [3.05, 3.63) is 29.8 Å². The number of alkyl carbamates (subject to hydrolysis) is 1. The van der Waals surface area contributed by atoms with Gasteiger partial charge in [0.15, 0.2) is 0 Å². The molecule has 0 aromatic heterocycles. The second kappa shape index (κ2) is 7.17. The minimum absolute atomic E-state index is 0.0819. The van der Waals surface area contributed by atoms with Gasteiger partial charge in [-0.1, -0.05) is 25.5 Å². The van der Waals surface area contributed by atoms with E-state index < -0.39 is 5.60 Å². The lowest BCUT2D eigenvalue weighted by Crippen LogP contribution is -2.40. The number of carbonyl (C=O) groups excluding carboxylic acids is 1. The molecule has 1 atom stereocenters. The van der Waals surface area contributed by atoms with Crippen LogP contribution in [-0.4, -0.2) is 17.7 Å². The number of anilines is 1. The molecule has 0 saturated heterocycles. The summed E-state index contributed by atoms with van der Waals surface area (Å²) in [7, 11) is 0. The van der Waals surface area contributed by atoms with E-state index in [0.29, 0.717) is 0 Å². The summed E-state index contributed by atoms with van der Waals surface area (Å²) in [6, 6.07) is 7.83. The molecule has 3 N–H and O–H groups in total. The summed E-state index contributed by atoms with van der Waals surface area (Å²) >= 11 is 0. The van der Waals surface area contributed by atoms with Crippen LogP contribution in [0.2, 0.25) is 0 Å². The Hall–Kier alpha value is -1.71. The van der Waals surface area contributed by atoms with Crippen LogP contribution in [0, 0.1) is 0 Å². The van der Waals surface area contributed by atoms with Crippen molar-refractivity contribution in [3.8, 4) is 0 Å². The van der Waals surface area contributed by atoms with Crippen molar-refractivity contribution in [1.82, 2.24) is 5.32 Å². The molecule has 112 valence electrons. The molecule has 0 saturated carbocycles. The highest BCUT2D eigenvalue weighted by Gasteiger charge is 2.19. The third-order valence-electron chi connectivity index (χ3n) is 2.82. The molecular formula is C16H26N2O2. The standard InChI is InChI=1S/C16H26N2O2/c1-5-6-14(18-15(19)20-16(2,3)4)11-12-7-9-13(17)10-8-12/h7-10,14H,5-6,11,17H2,1-4H3,(H,18,19)/t14-/m1/s1. The van der Waals surface area contributed by atoms with Gasteiger partial charge in [-0.2, -0.15) is 0 Å². The third-order valence-corrected chi connectivity index (χ3v) is 2.82. The second-order valence-electron chi connectivity index (χ2n) is 6.08. The average molecular weight is 278 g/mol. The zero-order chi connectivity index (χ0) is 15.2. The maximum Gasteiger partial charge on any atom is 0.407 e. The van der Waals surface area contributed by atoms with E-state index in [-0.39, 0.29) is 12.1 Å². The minimum Gasteiger partial charge on any atom is -0.444 e. The number of nitrogen functional groups attached to an aromatic ring is 1. The Morgan fingerprint density at radius 3 is 2.40 bits per heavy atom. The molecule has 1 aromatic carbocycles. The molecule has 1 rings (SSSR count). The highest BCUT2D eigenvalue weighted by molar-refractivity contribution is 5.68. The van der Waals surface area contributed by atoms with E-state index in [1.165, 1.54) is 0 Å². The number of nitrogens with two attached hydrogens (primary N) is 1. The average Bonchev–Trinajstić information content (AvgIpc) is 2.30. The Kier molecular flexibility index (Phi) is 5.86. The smallest absolute Gasteiger partial charge is 0.407 e. The van der Waals surface area contributed by atoms with Gasteiger partial charge in [-0.25, -0.2) is 4.79 Å². The molecule has 0 heterocycles. The zero-order valence-electron chi connectivity index (χ0n) is 12.9. The topological polar surface area (TPSA) is 64.3 Å². The monoisotopic (exact) mass is 278 g/mol. The van der Waals surface area contributed by atoms with Crippen LogP contribution in [-0.2, 0) is 11.2 Å². The normalized spacial score (nSPS) is 12.8. The number of ether oxygens (including phenoxy) is 1. The molecule has 0 bridgehead atoms. The maximum absolute atomic E-state index is 11.8. The summed E-state index contributed by atoms with van der Waals surface area (Å²) in [5, 5.41) is 2.95. The van der Waals surface area contributed by atoms with Crippen LogP contribution in [0.1, 0.15) is 46.1 Å². The van der Waals surface area contributed by atoms with Gasteiger partial charge in [-0.3, -0.25) is 0 Å². The molecule has 1 aromatic rings. The molecule has 0 spiro atoms. The van der Waals surface area contributed by atoms with E-state index in [0.717, 1.165) is 30.5 Å². The Morgan fingerprint density at radius 2 is 1.90 bits per heavy atom. The van der Waals surface area contributed by atoms with Gasteiger partial charge in [0.1, 0.15) is 5.60 Å². The summed E-state index contributed by atoms with van der Waals surface area (Å²) in [5.74, 6) is 0.